The number of nitrogens with one attached hydrogen (secondary N) is 1. The first-order valence-electron chi connectivity index (χ1n) is 8.17. The SMILES string of the molecule is Cc1ccc(-n2cnnc2SCC(=O)N[C@H](C)c2cccc(F)c2)cc1. The number of thioether (sulfide) groups is 1. The van der Waals surface area contributed by atoms with Crippen molar-refractivity contribution >= 4 is 17.7 Å². The molecule has 5 nitrogen and oxygen atoms in total. The molecule has 7 heteroatoms. The van der Waals surface area contributed by atoms with E-state index >= 15 is 0 Å². The second-order valence-electron chi connectivity index (χ2n) is 5.95. The highest BCUT2D eigenvalue weighted by Gasteiger charge is 2.13. The van der Waals surface area contributed by atoms with E-state index in [1.165, 1.54) is 29.5 Å². The van der Waals surface area contributed by atoms with Crippen LogP contribution in [0.4, 0.5) is 4.39 Å². The molecule has 1 heterocycles. The third-order valence-electron chi connectivity index (χ3n) is 3.89. The Bertz CT molecular complexity index is 895. The summed E-state index contributed by atoms with van der Waals surface area (Å²) in [7, 11) is 0. The molecule has 0 aliphatic heterocycles. The molecule has 3 aromatic rings. The quantitative estimate of drug-likeness (QED) is 0.673. The Kier molecular flexibility index (Phi) is 5.68. The number of nitrogens with zero attached hydrogens (tertiary/aromatic N) is 3. The van der Waals surface area contributed by atoms with Crippen molar-refractivity contribution in [2.45, 2.75) is 25.0 Å². The zero-order valence-corrected chi connectivity index (χ0v) is 15.3. The van der Waals surface area contributed by atoms with Crippen molar-refractivity contribution in [1.29, 1.82) is 0 Å². The van der Waals surface area contributed by atoms with E-state index in [0.717, 1.165) is 11.3 Å². The van der Waals surface area contributed by atoms with Crippen molar-refractivity contribution in [3.63, 3.8) is 0 Å². The van der Waals surface area contributed by atoms with Crippen LogP contribution in [0.3, 0.4) is 0 Å². The van der Waals surface area contributed by atoms with Gasteiger partial charge >= 0.3 is 0 Å². The van der Waals surface area contributed by atoms with E-state index in [1.807, 2.05) is 42.7 Å². The van der Waals surface area contributed by atoms with E-state index in [4.69, 9.17) is 0 Å². The topological polar surface area (TPSA) is 59.8 Å². The standard InChI is InChI=1S/C19H19FN4OS/c1-13-6-8-17(9-7-13)24-12-21-23-19(24)26-11-18(25)22-14(2)15-4-3-5-16(20)10-15/h3-10,12,14H,11H2,1-2H3,(H,22,25)/t14-/m1/s1. The van der Waals surface area contributed by atoms with Crippen LogP contribution in [0.5, 0.6) is 0 Å². The van der Waals surface area contributed by atoms with Gasteiger partial charge in [-0.1, -0.05) is 41.6 Å². The van der Waals surface area contributed by atoms with Crippen LogP contribution >= 0.6 is 11.8 Å². The van der Waals surface area contributed by atoms with E-state index in [0.29, 0.717) is 5.16 Å². The fourth-order valence-corrected chi connectivity index (χ4v) is 3.22. The van der Waals surface area contributed by atoms with Gasteiger partial charge in [-0.3, -0.25) is 9.36 Å². The monoisotopic (exact) mass is 370 g/mol. The first-order chi connectivity index (χ1) is 12.5. The van der Waals surface area contributed by atoms with Crippen molar-refractivity contribution in [1.82, 2.24) is 20.1 Å². The minimum Gasteiger partial charge on any atom is -0.349 e. The summed E-state index contributed by atoms with van der Waals surface area (Å²) in [5.41, 5.74) is 2.84. The highest BCUT2D eigenvalue weighted by molar-refractivity contribution is 7.99. The van der Waals surface area contributed by atoms with Gasteiger partial charge < -0.3 is 5.32 Å². The first-order valence-corrected chi connectivity index (χ1v) is 9.16. The Hall–Kier alpha value is -2.67. The van der Waals surface area contributed by atoms with Crippen molar-refractivity contribution in [2.75, 3.05) is 5.75 Å². The van der Waals surface area contributed by atoms with Gasteiger partial charge in [0.2, 0.25) is 5.91 Å². The smallest absolute Gasteiger partial charge is 0.230 e. The average molecular weight is 370 g/mol. The van der Waals surface area contributed by atoms with Crippen LogP contribution in [0.15, 0.2) is 60.0 Å². The highest BCUT2D eigenvalue weighted by Crippen LogP contribution is 2.20. The summed E-state index contributed by atoms with van der Waals surface area (Å²) >= 11 is 1.30. The summed E-state index contributed by atoms with van der Waals surface area (Å²) in [5, 5.41) is 11.5. The van der Waals surface area contributed by atoms with Crippen LogP contribution in [-0.4, -0.2) is 26.4 Å². The molecule has 0 unspecified atom stereocenters. The Balaban J connectivity index is 1.60. The normalized spacial score (nSPS) is 12.0. The minimum absolute atomic E-state index is 0.148. The number of halogens is 1. The van der Waals surface area contributed by atoms with Gasteiger partial charge in [0.05, 0.1) is 11.8 Å². The van der Waals surface area contributed by atoms with Gasteiger partial charge in [0.15, 0.2) is 5.16 Å². The molecule has 134 valence electrons. The van der Waals surface area contributed by atoms with Gasteiger partial charge in [-0.15, -0.1) is 10.2 Å². The predicted molar refractivity (Wildman–Crippen MR) is 99.8 cm³/mol. The number of rotatable bonds is 6. The molecule has 0 saturated heterocycles. The summed E-state index contributed by atoms with van der Waals surface area (Å²) < 4.78 is 15.1. The zero-order valence-electron chi connectivity index (χ0n) is 14.5. The number of carbonyl (C=O) groups is 1. The molecule has 0 fully saturated rings. The number of hydrogen-bond donors (Lipinski definition) is 1. The minimum atomic E-state index is -0.316. The molecule has 0 spiro atoms. The van der Waals surface area contributed by atoms with Crippen LogP contribution in [-0.2, 0) is 4.79 Å². The summed E-state index contributed by atoms with van der Waals surface area (Å²) in [4.78, 5) is 12.2. The fraction of sp³-hybridized carbons (Fsp3) is 0.211. The van der Waals surface area contributed by atoms with Crippen molar-refractivity contribution in [3.8, 4) is 5.69 Å². The molecule has 1 atom stereocenters. The Labute approximate surface area is 155 Å². The van der Waals surface area contributed by atoms with E-state index in [-0.39, 0.29) is 23.5 Å². The van der Waals surface area contributed by atoms with E-state index in [9.17, 15) is 9.18 Å². The van der Waals surface area contributed by atoms with Crippen molar-refractivity contribution in [3.05, 3.63) is 71.8 Å². The third-order valence-corrected chi connectivity index (χ3v) is 4.83. The van der Waals surface area contributed by atoms with Crippen molar-refractivity contribution in [2.24, 2.45) is 0 Å². The van der Waals surface area contributed by atoms with Gasteiger partial charge in [0.1, 0.15) is 12.1 Å². The molecule has 1 amide bonds. The van der Waals surface area contributed by atoms with Gasteiger partial charge in [0.25, 0.3) is 0 Å². The van der Waals surface area contributed by atoms with E-state index in [2.05, 4.69) is 15.5 Å². The molecule has 0 saturated carbocycles. The molecule has 1 aromatic heterocycles. The van der Waals surface area contributed by atoms with Crippen LogP contribution < -0.4 is 5.32 Å². The Morgan fingerprint density at radius 2 is 2.04 bits per heavy atom. The van der Waals surface area contributed by atoms with Gasteiger partial charge in [-0.05, 0) is 43.7 Å². The molecule has 1 N–H and O–H groups in total. The number of benzene rings is 2. The second-order valence-corrected chi connectivity index (χ2v) is 6.89. The number of aromatic nitrogens is 3. The van der Waals surface area contributed by atoms with Crippen molar-refractivity contribution < 1.29 is 9.18 Å². The molecule has 0 aliphatic carbocycles. The number of aryl methyl sites for hydroxylation is 1. The lowest BCUT2D eigenvalue weighted by Gasteiger charge is -2.14. The van der Waals surface area contributed by atoms with E-state index in [1.54, 1.807) is 18.5 Å². The molecule has 0 bridgehead atoms. The lowest BCUT2D eigenvalue weighted by Crippen LogP contribution is -2.28. The summed E-state index contributed by atoms with van der Waals surface area (Å²) in [5.74, 6) is -0.265. The molecule has 0 aliphatic rings. The average Bonchev–Trinajstić information content (AvgIpc) is 3.09. The largest absolute Gasteiger partial charge is 0.349 e. The first kappa shape index (κ1) is 18.1. The predicted octanol–water partition coefficient (Wildman–Crippen LogP) is 3.68. The van der Waals surface area contributed by atoms with E-state index < -0.39 is 0 Å². The zero-order chi connectivity index (χ0) is 18.5. The molecular formula is C19H19FN4OS. The number of hydrogen-bond acceptors (Lipinski definition) is 4. The summed E-state index contributed by atoms with van der Waals surface area (Å²) in [6.45, 7) is 3.85. The molecule has 0 radical (unpaired) electrons. The number of carbonyl (C=O) groups excluding carboxylic acids is 1. The van der Waals surface area contributed by atoms with Crippen LogP contribution in [0.2, 0.25) is 0 Å². The fourth-order valence-electron chi connectivity index (χ4n) is 2.48. The van der Waals surface area contributed by atoms with Gasteiger partial charge in [0, 0.05) is 5.69 Å². The summed E-state index contributed by atoms with van der Waals surface area (Å²) in [6.07, 6.45) is 1.63. The van der Waals surface area contributed by atoms with Gasteiger partial charge in [-0.2, -0.15) is 0 Å². The second kappa shape index (κ2) is 8.14. The molecular weight excluding hydrogens is 351 g/mol. The maximum Gasteiger partial charge on any atom is 0.230 e. The molecule has 26 heavy (non-hydrogen) atoms. The third kappa shape index (κ3) is 4.49. The van der Waals surface area contributed by atoms with Gasteiger partial charge in [-0.25, -0.2) is 4.39 Å². The Morgan fingerprint density at radius 3 is 2.77 bits per heavy atom. The Morgan fingerprint density at radius 1 is 1.27 bits per heavy atom. The number of amides is 1. The van der Waals surface area contributed by atoms with Crippen LogP contribution in [0.25, 0.3) is 5.69 Å². The maximum absolute atomic E-state index is 13.3. The maximum atomic E-state index is 13.3. The van der Waals surface area contributed by atoms with Crippen LogP contribution in [0, 0.1) is 12.7 Å². The molecule has 2 aromatic carbocycles. The highest BCUT2D eigenvalue weighted by atomic mass is 32.2. The lowest BCUT2D eigenvalue weighted by molar-refractivity contribution is -0.119. The lowest BCUT2D eigenvalue weighted by atomic mass is 10.1. The summed E-state index contributed by atoms with van der Waals surface area (Å²) in [6, 6.07) is 13.9. The molecule has 3 rings (SSSR count). The van der Waals surface area contributed by atoms with Crippen LogP contribution in [0.1, 0.15) is 24.1 Å².